The molecule has 3 aromatic heterocycles. The first kappa shape index (κ1) is 17.3. The Morgan fingerprint density at radius 3 is 3.07 bits per heavy atom. The van der Waals surface area contributed by atoms with E-state index in [0.29, 0.717) is 5.88 Å². The summed E-state index contributed by atoms with van der Waals surface area (Å²) < 4.78 is 5.97. The Bertz CT molecular complexity index is 907. The average molecular weight is 364 g/mol. The number of pyridine rings is 2. The maximum absolute atomic E-state index is 5.97. The topological polar surface area (TPSA) is 78.4 Å². The van der Waals surface area contributed by atoms with Crippen LogP contribution in [0.3, 0.4) is 0 Å². The summed E-state index contributed by atoms with van der Waals surface area (Å²) in [5.41, 5.74) is 2.20. The largest absolute Gasteiger partial charge is 0.472 e. The molecule has 0 bridgehead atoms. The SMILES string of the molecule is CN=C(NCCc1c[nH]c2ncccc12)N1CCC(Oc2ccccn2)C1. The molecule has 140 valence electrons. The number of hydrogen-bond acceptors (Lipinski definition) is 4. The zero-order valence-corrected chi connectivity index (χ0v) is 15.4. The van der Waals surface area contributed by atoms with Crippen LogP contribution in [0, 0.1) is 0 Å². The van der Waals surface area contributed by atoms with Gasteiger partial charge in [-0.1, -0.05) is 6.07 Å². The predicted molar refractivity (Wildman–Crippen MR) is 106 cm³/mol. The fourth-order valence-electron chi connectivity index (χ4n) is 3.47. The summed E-state index contributed by atoms with van der Waals surface area (Å²) in [6.07, 6.45) is 7.60. The van der Waals surface area contributed by atoms with Gasteiger partial charge in [0.15, 0.2) is 5.96 Å². The minimum Gasteiger partial charge on any atom is -0.472 e. The molecule has 1 fully saturated rings. The van der Waals surface area contributed by atoms with Gasteiger partial charge in [0.25, 0.3) is 0 Å². The highest BCUT2D eigenvalue weighted by atomic mass is 16.5. The van der Waals surface area contributed by atoms with Crippen LogP contribution in [0.25, 0.3) is 11.0 Å². The zero-order valence-electron chi connectivity index (χ0n) is 15.4. The van der Waals surface area contributed by atoms with Crippen LogP contribution in [0.4, 0.5) is 0 Å². The third-order valence-electron chi connectivity index (χ3n) is 4.80. The second kappa shape index (κ2) is 8.07. The summed E-state index contributed by atoms with van der Waals surface area (Å²) in [7, 11) is 1.82. The normalized spacial score (nSPS) is 17.4. The van der Waals surface area contributed by atoms with Crippen LogP contribution in [0.15, 0.2) is 53.9 Å². The first-order chi connectivity index (χ1) is 13.3. The van der Waals surface area contributed by atoms with Gasteiger partial charge in [0.05, 0.1) is 6.54 Å². The lowest BCUT2D eigenvalue weighted by atomic mass is 10.1. The Morgan fingerprint density at radius 2 is 2.22 bits per heavy atom. The molecule has 0 aromatic carbocycles. The van der Waals surface area contributed by atoms with E-state index in [1.165, 1.54) is 10.9 Å². The van der Waals surface area contributed by atoms with Gasteiger partial charge in [-0.3, -0.25) is 4.99 Å². The minimum absolute atomic E-state index is 0.137. The number of nitrogens with zero attached hydrogens (tertiary/aromatic N) is 4. The molecule has 0 saturated carbocycles. The van der Waals surface area contributed by atoms with Gasteiger partial charge in [-0.25, -0.2) is 9.97 Å². The quantitative estimate of drug-likeness (QED) is 0.536. The molecule has 3 aromatic rings. The number of hydrogen-bond donors (Lipinski definition) is 2. The number of nitrogens with one attached hydrogen (secondary N) is 2. The van der Waals surface area contributed by atoms with Gasteiger partial charge >= 0.3 is 0 Å². The van der Waals surface area contributed by atoms with Gasteiger partial charge in [0, 0.05) is 56.6 Å². The molecule has 1 unspecified atom stereocenters. The Morgan fingerprint density at radius 1 is 1.30 bits per heavy atom. The molecule has 2 N–H and O–H groups in total. The molecular formula is C20H24N6O. The van der Waals surface area contributed by atoms with Crippen LogP contribution in [-0.2, 0) is 6.42 Å². The van der Waals surface area contributed by atoms with Crippen LogP contribution in [0.2, 0.25) is 0 Å². The highest BCUT2D eigenvalue weighted by Gasteiger charge is 2.26. The number of aromatic amines is 1. The molecule has 0 aliphatic carbocycles. The number of H-pyrrole nitrogens is 1. The van der Waals surface area contributed by atoms with E-state index >= 15 is 0 Å². The van der Waals surface area contributed by atoms with E-state index in [2.05, 4.69) is 36.2 Å². The standard InChI is InChI=1S/C20H24N6O/c1-21-20(24-11-7-15-13-25-19-17(15)5-4-10-23-19)26-12-8-16(14-26)27-18-6-2-3-9-22-18/h2-6,9-10,13,16H,7-8,11-12,14H2,1H3,(H,21,24)(H,23,25). The summed E-state index contributed by atoms with van der Waals surface area (Å²) in [4.78, 5) is 18.5. The molecule has 7 heteroatoms. The van der Waals surface area contributed by atoms with Crippen LogP contribution < -0.4 is 10.1 Å². The maximum atomic E-state index is 5.97. The van der Waals surface area contributed by atoms with Crippen molar-refractivity contribution in [1.29, 1.82) is 0 Å². The van der Waals surface area contributed by atoms with E-state index in [4.69, 9.17) is 4.74 Å². The van der Waals surface area contributed by atoms with Gasteiger partial charge in [0.2, 0.25) is 5.88 Å². The number of aliphatic imine (C=N–C) groups is 1. The summed E-state index contributed by atoms with van der Waals surface area (Å²) in [5, 5.41) is 4.65. The molecule has 27 heavy (non-hydrogen) atoms. The van der Waals surface area contributed by atoms with Crippen LogP contribution >= 0.6 is 0 Å². The Hall–Kier alpha value is -3.09. The number of aromatic nitrogens is 3. The molecule has 1 aliphatic heterocycles. The number of fused-ring (bicyclic) bond motifs is 1. The lowest BCUT2D eigenvalue weighted by Crippen LogP contribution is -2.41. The van der Waals surface area contributed by atoms with Crippen LogP contribution in [0.5, 0.6) is 5.88 Å². The number of rotatable bonds is 5. The number of likely N-dealkylation sites (tertiary alicyclic amines) is 1. The van der Waals surface area contributed by atoms with E-state index < -0.39 is 0 Å². The van der Waals surface area contributed by atoms with Crippen molar-refractivity contribution in [3.63, 3.8) is 0 Å². The monoisotopic (exact) mass is 364 g/mol. The second-order valence-electron chi connectivity index (χ2n) is 6.58. The van der Waals surface area contributed by atoms with Crippen LogP contribution in [-0.4, -0.2) is 58.6 Å². The fraction of sp³-hybridized carbons (Fsp3) is 0.350. The molecule has 0 radical (unpaired) electrons. The minimum atomic E-state index is 0.137. The lowest BCUT2D eigenvalue weighted by molar-refractivity contribution is 0.205. The molecule has 7 nitrogen and oxygen atoms in total. The first-order valence-corrected chi connectivity index (χ1v) is 9.28. The summed E-state index contributed by atoms with van der Waals surface area (Å²) >= 11 is 0. The Balaban J connectivity index is 1.29. The molecule has 1 atom stereocenters. The summed E-state index contributed by atoms with van der Waals surface area (Å²) in [5.74, 6) is 1.60. The third-order valence-corrected chi connectivity index (χ3v) is 4.80. The van der Waals surface area contributed by atoms with Crippen molar-refractivity contribution in [3.05, 3.63) is 54.5 Å². The number of ether oxygens (including phenoxy) is 1. The Kier molecular flexibility index (Phi) is 5.18. The van der Waals surface area contributed by atoms with E-state index in [1.807, 2.05) is 37.5 Å². The molecule has 4 rings (SSSR count). The number of guanidine groups is 1. The zero-order chi connectivity index (χ0) is 18.5. The van der Waals surface area contributed by atoms with E-state index in [9.17, 15) is 0 Å². The molecular weight excluding hydrogens is 340 g/mol. The molecule has 1 aliphatic rings. The first-order valence-electron chi connectivity index (χ1n) is 9.28. The van der Waals surface area contributed by atoms with Crippen molar-refractivity contribution in [2.24, 2.45) is 4.99 Å². The summed E-state index contributed by atoms with van der Waals surface area (Å²) in [6.45, 7) is 2.55. The van der Waals surface area contributed by atoms with E-state index in [1.54, 1.807) is 12.4 Å². The summed E-state index contributed by atoms with van der Waals surface area (Å²) in [6, 6.07) is 9.80. The van der Waals surface area contributed by atoms with Gasteiger partial charge in [0.1, 0.15) is 11.8 Å². The second-order valence-corrected chi connectivity index (χ2v) is 6.58. The van der Waals surface area contributed by atoms with Crippen molar-refractivity contribution in [3.8, 4) is 5.88 Å². The van der Waals surface area contributed by atoms with Crippen molar-refractivity contribution in [2.45, 2.75) is 18.9 Å². The van der Waals surface area contributed by atoms with Gasteiger partial charge in [-0.2, -0.15) is 0 Å². The third kappa shape index (κ3) is 4.02. The lowest BCUT2D eigenvalue weighted by Gasteiger charge is -2.21. The van der Waals surface area contributed by atoms with Crippen LogP contribution in [0.1, 0.15) is 12.0 Å². The van der Waals surface area contributed by atoms with Crippen molar-refractivity contribution < 1.29 is 4.74 Å². The molecule has 1 saturated heterocycles. The van der Waals surface area contributed by atoms with Gasteiger partial charge in [-0.05, 0) is 30.2 Å². The molecule has 4 heterocycles. The predicted octanol–water partition coefficient (Wildman–Crippen LogP) is 2.23. The molecule has 0 amide bonds. The highest BCUT2D eigenvalue weighted by Crippen LogP contribution is 2.17. The fourth-order valence-corrected chi connectivity index (χ4v) is 3.47. The van der Waals surface area contributed by atoms with Crippen molar-refractivity contribution in [2.75, 3.05) is 26.7 Å². The average Bonchev–Trinajstić information content (AvgIpc) is 3.33. The Labute approximate surface area is 158 Å². The maximum Gasteiger partial charge on any atom is 0.213 e. The van der Waals surface area contributed by atoms with Gasteiger partial charge < -0.3 is 19.9 Å². The van der Waals surface area contributed by atoms with Gasteiger partial charge in [-0.15, -0.1) is 0 Å². The molecule has 0 spiro atoms. The van der Waals surface area contributed by atoms with Crippen molar-refractivity contribution >= 4 is 17.0 Å². The van der Waals surface area contributed by atoms with E-state index in [0.717, 1.165) is 44.1 Å². The smallest absolute Gasteiger partial charge is 0.213 e. The van der Waals surface area contributed by atoms with E-state index in [-0.39, 0.29) is 6.10 Å². The van der Waals surface area contributed by atoms with Crippen molar-refractivity contribution in [1.82, 2.24) is 25.2 Å². The highest BCUT2D eigenvalue weighted by molar-refractivity contribution is 5.81.